The van der Waals surface area contributed by atoms with E-state index in [0.717, 1.165) is 45.9 Å². The molecule has 0 bridgehead atoms. The molecule has 1 N–H and O–H groups in total. The minimum Gasteiger partial charge on any atom is -0.465 e. The molecular formula is C22H31N3O3. The van der Waals surface area contributed by atoms with E-state index in [4.69, 9.17) is 4.74 Å². The Morgan fingerprint density at radius 1 is 1.21 bits per heavy atom. The summed E-state index contributed by atoms with van der Waals surface area (Å²) in [4.78, 5) is 17.9. The van der Waals surface area contributed by atoms with Gasteiger partial charge in [-0.05, 0) is 48.8 Å². The van der Waals surface area contributed by atoms with Crippen molar-refractivity contribution >= 4 is 11.8 Å². The van der Waals surface area contributed by atoms with E-state index < -0.39 is 6.09 Å². The molecule has 6 nitrogen and oxygen atoms in total. The van der Waals surface area contributed by atoms with Gasteiger partial charge < -0.3 is 19.6 Å². The van der Waals surface area contributed by atoms with Gasteiger partial charge in [-0.15, -0.1) is 0 Å². The molecule has 1 spiro atoms. The first-order chi connectivity index (χ1) is 13.5. The monoisotopic (exact) mass is 385 g/mol. The number of nitrogens with zero attached hydrogens (tertiary/aromatic N) is 3. The Bertz CT molecular complexity index is 747. The summed E-state index contributed by atoms with van der Waals surface area (Å²) in [7, 11) is 0. The van der Waals surface area contributed by atoms with Crippen molar-refractivity contribution in [1.82, 2.24) is 9.80 Å². The molecule has 5 rings (SSSR count). The fourth-order valence-electron chi connectivity index (χ4n) is 5.91. The minimum absolute atomic E-state index is 0.380. The zero-order valence-corrected chi connectivity index (χ0v) is 16.8. The van der Waals surface area contributed by atoms with E-state index in [9.17, 15) is 9.90 Å². The van der Waals surface area contributed by atoms with Crippen molar-refractivity contribution in [3.05, 3.63) is 29.3 Å². The van der Waals surface area contributed by atoms with Crippen LogP contribution in [0.2, 0.25) is 0 Å². The molecule has 3 unspecified atom stereocenters. The number of likely N-dealkylation sites (tertiary alicyclic amines) is 2. The van der Waals surface area contributed by atoms with Crippen LogP contribution in [0.1, 0.15) is 24.0 Å². The van der Waals surface area contributed by atoms with Crippen LogP contribution >= 0.6 is 0 Å². The molecule has 152 valence electrons. The Labute approximate surface area is 167 Å². The summed E-state index contributed by atoms with van der Waals surface area (Å²) in [6, 6.07) is 6.75. The largest absolute Gasteiger partial charge is 0.465 e. The summed E-state index contributed by atoms with van der Waals surface area (Å²) in [5, 5.41) is 9.22. The first-order valence-electron chi connectivity index (χ1n) is 10.6. The highest BCUT2D eigenvalue weighted by Crippen LogP contribution is 2.41. The predicted molar refractivity (Wildman–Crippen MR) is 108 cm³/mol. The van der Waals surface area contributed by atoms with Crippen LogP contribution in [-0.2, 0) is 11.3 Å². The third-order valence-corrected chi connectivity index (χ3v) is 7.61. The number of amides is 1. The van der Waals surface area contributed by atoms with Crippen molar-refractivity contribution in [3.8, 4) is 0 Å². The second-order valence-electron chi connectivity index (χ2n) is 9.44. The first kappa shape index (κ1) is 18.3. The molecule has 28 heavy (non-hydrogen) atoms. The SMILES string of the molecule is Cc1c(CN2CC3CN(C(=O)O)CC3C2)cccc1N1CCC2(CCOC2)C1. The van der Waals surface area contributed by atoms with Gasteiger partial charge in [0.25, 0.3) is 0 Å². The van der Waals surface area contributed by atoms with E-state index in [0.29, 0.717) is 30.3 Å². The lowest BCUT2D eigenvalue weighted by atomic mass is 9.87. The smallest absolute Gasteiger partial charge is 0.407 e. The van der Waals surface area contributed by atoms with Crippen LogP contribution in [0.15, 0.2) is 18.2 Å². The van der Waals surface area contributed by atoms with Gasteiger partial charge in [-0.1, -0.05) is 12.1 Å². The normalized spacial score (nSPS) is 32.6. The molecule has 0 aromatic heterocycles. The quantitative estimate of drug-likeness (QED) is 0.867. The molecule has 1 aromatic rings. The summed E-state index contributed by atoms with van der Waals surface area (Å²) >= 11 is 0. The number of carbonyl (C=O) groups is 1. The Morgan fingerprint density at radius 2 is 2.00 bits per heavy atom. The van der Waals surface area contributed by atoms with Crippen LogP contribution in [0.3, 0.4) is 0 Å². The number of hydrogen-bond acceptors (Lipinski definition) is 4. The van der Waals surface area contributed by atoms with Crippen molar-refractivity contribution in [2.75, 3.05) is 57.4 Å². The molecule has 4 saturated heterocycles. The Hall–Kier alpha value is -1.79. The van der Waals surface area contributed by atoms with Crippen LogP contribution in [0.4, 0.5) is 10.5 Å². The van der Waals surface area contributed by atoms with Crippen LogP contribution < -0.4 is 4.90 Å². The van der Waals surface area contributed by atoms with Crippen LogP contribution in [0.5, 0.6) is 0 Å². The highest BCUT2D eigenvalue weighted by atomic mass is 16.5. The number of hydrogen-bond donors (Lipinski definition) is 1. The summed E-state index contributed by atoms with van der Waals surface area (Å²) in [5.41, 5.74) is 4.58. The number of rotatable bonds is 3. The van der Waals surface area contributed by atoms with E-state index in [-0.39, 0.29) is 0 Å². The summed E-state index contributed by atoms with van der Waals surface area (Å²) < 4.78 is 5.69. The van der Waals surface area contributed by atoms with E-state index in [1.807, 2.05) is 0 Å². The lowest BCUT2D eigenvalue weighted by Crippen LogP contribution is -2.32. The van der Waals surface area contributed by atoms with E-state index in [1.54, 1.807) is 4.90 Å². The second-order valence-corrected chi connectivity index (χ2v) is 9.44. The number of benzene rings is 1. The van der Waals surface area contributed by atoms with Gasteiger partial charge in [-0.3, -0.25) is 4.90 Å². The lowest BCUT2D eigenvalue weighted by molar-refractivity contribution is 0.148. The van der Waals surface area contributed by atoms with E-state index in [1.165, 1.54) is 29.7 Å². The van der Waals surface area contributed by atoms with Crippen LogP contribution in [0.25, 0.3) is 0 Å². The van der Waals surface area contributed by atoms with E-state index >= 15 is 0 Å². The molecule has 1 aromatic carbocycles. The van der Waals surface area contributed by atoms with Gasteiger partial charge in [0.2, 0.25) is 0 Å². The molecule has 4 fully saturated rings. The second kappa shape index (κ2) is 6.92. The highest BCUT2D eigenvalue weighted by molar-refractivity contribution is 5.65. The van der Waals surface area contributed by atoms with Crippen molar-refractivity contribution in [2.24, 2.45) is 17.3 Å². The molecular weight excluding hydrogens is 354 g/mol. The molecule has 4 heterocycles. The maximum Gasteiger partial charge on any atom is 0.407 e. The number of ether oxygens (including phenoxy) is 1. The fourth-order valence-corrected chi connectivity index (χ4v) is 5.91. The minimum atomic E-state index is -0.763. The van der Waals surface area contributed by atoms with Gasteiger partial charge in [0.05, 0.1) is 6.61 Å². The van der Waals surface area contributed by atoms with Crippen molar-refractivity contribution in [3.63, 3.8) is 0 Å². The average molecular weight is 386 g/mol. The molecule has 0 saturated carbocycles. The number of anilines is 1. The zero-order chi connectivity index (χ0) is 19.3. The highest BCUT2D eigenvalue weighted by Gasteiger charge is 2.43. The third-order valence-electron chi connectivity index (χ3n) is 7.61. The van der Waals surface area contributed by atoms with Gasteiger partial charge in [0.1, 0.15) is 0 Å². The zero-order valence-electron chi connectivity index (χ0n) is 16.8. The number of carboxylic acid groups (broad SMARTS) is 1. The Kier molecular flexibility index (Phi) is 4.51. The standard InChI is InChI=1S/C22H31N3O3/c1-16-17(9-23-10-18-12-25(21(26)27)13-19(18)11-23)3-2-4-20(16)24-7-5-22(14-24)6-8-28-15-22/h2-4,18-19H,5-15H2,1H3,(H,26,27). The molecule has 1 amide bonds. The number of fused-ring (bicyclic) bond motifs is 1. The fraction of sp³-hybridized carbons (Fsp3) is 0.682. The average Bonchev–Trinajstić information content (AvgIpc) is 3.42. The van der Waals surface area contributed by atoms with Crippen molar-refractivity contribution < 1.29 is 14.6 Å². The topological polar surface area (TPSA) is 56.2 Å². The summed E-state index contributed by atoms with van der Waals surface area (Å²) in [6.07, 6.45) is 1.68. The van der Waals surface area contributed by atoms with Crippen LogP contribution in [0, 0.1) is 24.2 Å². The molecule has 6 heteroatoms. The van der Waals surface area contributed by atoms with Gasteiger partial charge in [-0.2, -0.15) is 0 Å². The molecule has 0 radical (unpaired) electrons. The maximum absolute atomic E-state index is 11.2. The van der Waals surface area contributed by atoms with E-state index in [2.05, 4.69) is 34.9 Å². The molecule has 4 aliphatic heterocycles. The predicted octanol–water partition coefficient (Wildman–Crippen LogP) is 2.65. The van der Waals surface area contributed by atoms with Gasteiger partial charge in [0.15, 0.2) is 0 Å². The molecule has 3 atom stereocenters. The van der Waals surface area contributed by atoms with Crippen molar-refractivity contribution in [1.29, 1.82) is 0 Å². The lowest BCUT2D eigenvalue weighted by Gasteiger charge is -2.27. The summed E-state index contributed by atoms with van der Waals surface area (Å²) in [5.74, 6) is 1.00. The summed E-state index contributed by atoms with van der Waals surface area (Å²) in [6.45, 7) is 10.8. The van der Waals surface area contributed by atoms with Gasteiger partial charge >= 0.3 is 6.09 Å². The Balaban J connectivity index is 1.25. The van der Waals surface area contributed by atoms with Gasteiger partial charge in [-0.25, -0.2) is 4.79 Å². The Morgan fingerprint density at radius 3 is 2.68 bits per heavy atom. The maximum atomic E-state index is 11.2. The molecule has 4 aliphatic rings. The van der Waals surface area contributed by atoms with Crippen LogP contribution in [-0.4, -0.2) is 73.5 Å². The first-order valence-corrected chi connectivity index (χ1v) is 10.6. The van der Waals surface area contributed by atoms with Gasteiger partial charge in [0, 0.05) is 63.5 Å². The molecule has 0 aliphatic carbocycles. The third kappa shape index (κ3) is 3.16. The van der Waals surface area contributed by atoms with Crippen molar-refractivity contribution in [2.45, 2.75) is 26.3 Å².